The summed E-state index contributed by atoms with van der Waals surface area (Å²) in [5, 5.41) is 4.55. The Morgan fingerprint density at radius 3 is 2.48 bits per heavy atom. The van der Waals surface area contributed by atoms with E-state index in [4.69, 9.17) is 11.6 Å². The molecule has 3 nitrogen and oxygen atoms in total. The molecule has 0 fully saturated rings. The zero-order valence-electron chi connectivity index (χ0n) is 13.4. The molecule has 0 aliphatic rings. The summed E-state index contributed by atoms with van der Waals surface area (Å²) in [4.78, 5) is 16.3. The molecule has 0 spiro atoms. The van der Waals surface area contributed by atoms with Gasteiger partial charge in [-0.25, -0.2) is 0 Å². The molecule has 0 aliphatic heterocycles. The molecule has 3 aromatic rings. The number of aryl methyl sites for hydroxylation is 1. The molecule has 1 aromatic heterocycles. The minimum absolute atomic E-state index is 0.0848. The number of nitrogens with one attached hydrogen (secondary N) is 2. The minimum atomic E-state index is -0.692. The highest BCUT2D eigenvalue weighted by atomic mass is 35.5. The lowest BCUT2D eigenvalue weighted by atomic mass is 9.81. The zero-order valence-corrected chi connectivity index (χ0v) is 14.2. The molecule has 2 aromatic carbocycles. The minimum Gasteiger partial charge on any atom is -0.358 e. The van der Waals surface area contributed by atoms with Crippen LogP contribution < -0.4 is 5.32 Å². The highest BCUT2D eigenvalue weighted by Gasteiger charge is 2.34. The Hall–Kier alpha value is -2.26. The maximum atomic E-state index is 12.9. The third-order valence-electron chi connectivity index (χ3n) is 4.21. The first-order chi connectivity index (χ1) is 10.9. The number of para-hydroxylation sites is 2. The van der Waals surface area contributed by atoms with E-state index in [0.717, 1.165) is 22.2 Å². The second-order valence-electron chi connectivity index (χ2n) is 6.23. The fourth-order valence-electron chi connectivity index (χ4n) is 3.04. The lowest BCUT2D eigenvalue weighted by molar-refractivity contribution is -0.120. The molecule has 0 radical (unpaired) electrons. The van der Waals surface area contributed by atoms with Crippen LogP contribution in [-0.2, 0) is 10.2 Å². The number of amides is 1. The van der Waals surface area contributed by atoms with Gasteiger partial charge in [-0.3, -0.25) is 4.79 Å². The fourth-order valence-corrected chi connectivity index (χ4v) is 3.22. The van der Waals surface area contributed by atoms with Crippen molar-refractivity contribution in [1.82, 2.24) is 4.98 Å². The van der Waals surface area contributed by atoms with Gasteiger partial charge >= 0.3 is 0 Å². The van der Waals surface area contributed by atoms with E-state index in [9.17, 15) is 4.79 Å². The first-order valence-electron chi connectivity index (χ1n) is 7.55. The molecular weight excluding hydrogens is 308 g/mol. The summed E-state index contributed by atoms with van der Waals surface area (Å²) >= 11 is 6.15. The van der Waals surface area contributed by atoms with Crippen molar-refractivity contribution in [2.24, 2.45) is 0 Å². The van der Waals surface area contributed by atoms with Crippen molar-refractivity contribution in [3.63, 3.8) is 0 Å². The first kappa shape index (κ1) is 15.6. The van der Waals surface area contributed by atoms with Crippen molar-refractivity contribution >= 4 is 34.1 Å². The third-order valence-corrected chi connectivity index (χ3v) is 4.54. The van der Waals surface area contributed by atoms with Crippen molar-refractivity contribution in [3.05, 3.63) is 64.8 Å². The van der Waals surface area contributed by atoms with Crippen molar-refractivity contribution in [3.8, 4) is 0 Å². The number of rotatable bonds is 3. The van der Waals surface area contributed by atoms with Crippen LogP contribution in [-0.4, -0.2) is 10.9 Å². The number of aromatic nitrogens is 1. The average Bonchev–Trinajstić information content (AvgIpc) is 2.85. The number of anilines is 1. The van der Waals surface area contributed by atoms with Crippen LogP contribution in [0.25, 0.3) is 10.9 Å². The summed E-state index contributed by atoms with van der Waals surface area (Å²) < 4.78 is 0. The van der Waals surface area contributed by atoms with Gasteiger partial charge in [0.1, 0.15) is 0 Å². The molecule has 118 valence electrons. The number of H-pyrrole nitrogens is 1. The molecule has 0 bridgehead atoms. The van der Waals surface area contributed by atoms with Gasteiger partial charge in [0, 0.05) is 16.6 Å². The molecule has 0 aliphatic carbocycles. The van der Waals surface area contributed by atoms with Gasteiger partial charge in [-0.15, -0.1) is 0 Å². The Labute approximate surface area is 140 Å². The van der Waals surface area contributed by atoms with Gasteiger partial charge in [-0.2, -0.15) is 0 Å². The summed E-state index contributed by atoms with van der Waals surface area (Å²) in [5.41, 5.74) is 2.99. The summed E-state index contributed by atoms with van der Waals surface area (Å²) in [6.07, 6.45) is 0. The van der Waals surface area contributed by atoms with E-state index < -0.39 is 5.41 Å². The van der Waals surface area contributed by atoms with E-state index in [1.165, 1.54) is 0 Å². The number of carbonyl (C=O) groups is 1. The Kier molecular flexibility index (Phi) is 3.90. The zero-order chi connectivity index (χ0) is 16.6. The van der Waals surface area contributed by atoms with E-state index in [-0.39, 0.29) is 5.91 Å². The highest BCUT2D eigenvalue weighted by molar-refractivity contribution is 6.33. The Morgan fingerprint density at radius 1 is 1.09 bits per heavy atom. The molecule has 1 amide bonds. The monoisotopic (exact) mass is 326 g/mol. The van der Waals surface area contributed by atoms with Gasteiger partial charge in [-0.05, 0) is 44.5 Å². The van der Waals surface area contributed by atoms with Crippen LogP contribution in [0.4, 0.5) is 5.69 Å². The maximum absolute atomic E-state index is 12.9. The fraction of sp³-hybridized carbons (Fsp3) is 0.211. The lowest BCUT2D eigenvalue weighted by Crippen LogP contribution is -2.35. The maximum Gasteiger partial charge on any atom is 0.234 e. The summed E-state index contributed by atoms with van der Waals surface area (Å²) in [7, 11) is 0. The summed E-state index contributed by atoms with van der Waals surface area (Å²) in [6, 6.07) is 15.3. The van der Waals surface area contributed by atoms with Crippen LogP contribution in [0.1, 0.15) is 25.1 Å². The van der Waals surface area contributed by atoms with Crippen LogP contribution >= 0.6 is 11.6 Å². The number of hydrogen-bond donors (Lipinski definition) is 2. The largest absolute Gasteiger partial charge is 0.358 e. The summed E-state index contributed by atoms with van der Waals surface area (Å²) in [5.74, 6) is -0.0848. The lowest BCUT2D eigenvalue weighted by Gasteiger charge is -2.25. The van der Waals surface area contributed by atoms with Crippen molar-refractivity contribution in [2.45, 2.75) is 26.2 Å². The molecule has 0 saturated heterocycles. The molecule has 0 unspecified atom stereocenters. The van der Waals surface area contributed by atoms with Gasteiger partial charge in [-0.1, -0.05) is 41.9 Å². The van der Waals surface area contributed by atoms with Gasteiger partial charge in [0.25, 0.3) is 0 Å². The molecule has 1 heterocycles. The van der Waals surface area contributed by atoms with E-state index in [1.807, 2.05) is 57.2 Å². The SMILES string of the molecule is Cc1[nH]c2ccccc2c1C(C)(C)C(=O)Nc1ccccc1Cl. The molecular formula is C19H19ClN2O. The Balaban J connectivity index is 2.01. The molecule has 23 heavy (non-hydrogen) atoms. The summed E-state index contributed by atoms with van der Waals surface area (Å²) in [6.45, 7) is 5.86. The van der Waals surface area contributed by atoms with Gasteiger partial charge in [0.05, 0.1) is 16.1 Å². The standard InChI is InChI=1S/C19H19ClN2O/c1-12-17(13-8-4-6-10-15(13)21-12)19(2,3)18(23)22-16-11-7-5-9-14(16)20/h4-11,21H,1-3H3,(H,22,23). The topological polar surface area (TPSA) is 44.9 Å². The molecule has 2 N–H and O–H groups in total. The number of hydrogen-bond acceptors (Lipinski definition) is 1. The molecule has 0 saturated carbocycles. The third kappa shape index (κ3) is 2.73. The Morgan fingerprint density at radius 2 is 1.74 bits per heavy atom. The van der Waals surface area contributed by atoms with Crippen LogP contribution in [0.3, 0.4) is 0 Å². The number of carbonyl (C=O) groups excluding carboxylic acids is 1. The van der Waals surface area contributed by atoms with E-state index >= 15 is 0 Å². The van der Waals surface area contributed by atoms with Crippen molar-refractivity contribution in [2.75, 3.05) is 5.32 Å². The normalized spacial score (nSPS) is 11.7. The van der Waals surface area contributed by atoms with Crippen molar-refractivity contribution in [1.29, 1.82) is 0 Å². The molecule has 0 atom stereocenters. The van der Waals surface area contributed by atoms with Gasteiger partial charge in [0.15, 0.2) is 0 Å². The second-order valence-corrected chi connectivity index (χ2v) is 6.64. The van der Waals surface area contributed by atoms with Crippen LogP contribution in [0, 0.1) is 6.92 Å². The average molecular weight is 327 g/mol. The van der Waals surface area contributed by atoms with Crippen molar-refractivity contribution < 1.29 is 4.79 Å². The predicted molar refractivity (Wildman–Crippen MR) is 96.1 cm³/mol. The number of benzene rings is 2. The van der Waals surface area contributed by atoms with Gasteiger partial charge < -0.3 is 10.3 Å². The predicted octanol–water partition coefficient (Wildman–Crippen LogP) is 5.05. The quantitative estimate of drug-likeness (QED) is 0.695. The smallest absolute Gasteiger partial charge is 0.234 e. The van der Waals surface area contributed by atoms with Crippen LogP contribution in [0.5, 0.6) is 0 Å². The Bertz CT molecular complexity index is 880. The van der Waals surface area contributed by atoms with Crippen LogP contribution in [0.15, 0.2) is 48.5 Å². The van der Waals surface area contributed by atoms with Crippen LogP contribution in [0.2, 0.25) is 5.02 Å². The van der Waals surface area contributed by atoms with E-state index in [1.54, 1.807) is 12.1 Å². The number of halogens is 1. The van der Waals surface area contributed by atoms with Gasteiger partial charge in [0.2, 0.25) is 5.91 Å². The molecule has 4 heteroatoms. The molecule has 3 rings (SSSR count). The van der Waals surface area contributed by atoms with E-state index in [0.29, 0.717) is 10.7 Å². The second kappa shape index (κ2) is 5.74. The first-order valence-corrected chi connectivity index (χ1v) is 7.93. The highest BCUT2D eigenvalue weighted by Crippen LogP contribution is 2.35. The number of fused-ring (bicyclic) bond motifs is 1. The van der Waals surface area contributed by atoms with E-state index in [2.05, 4.69) is 10.3 Å². The number of aromatic amines is 1.